The van der Waals surface area contributed by atoms with Gasteiger partial charge in [-0.1, -0.05) is 6.92 Å². The molecule has 1 aromatic carbocycles. The lowest BCUT2D eigenvalue weighted by Crippen LogP contribution is -2.30. The van der Waals surface area contributed by atoms with Crippen LogP contribution in [0.15, 0.2) is 12.1 Å². The van der Waals surface area contributed by atoms with E-state index in [4.69, 9.17) is 9.84 Å². The molecule has 1 aliphatic rings. The molecule has 0 saturated heterocycles. The third-order valence-electron chi connectivity index (χ3n) is 3.77. The fourth-order valence-corrected chi connectivity index (χ4v) is 2.86. The highest BCUT2D eigenvalue weighted by molar-refractivity contribution is 5.69. The molecule has 1 aliphatic carbocycles. The first-order valence-corrected chi connectivity index (χ1v) is 6.08. The summed E-state index contributed by atoms with van der Waals surface area (Å²) in [4.78, 5) is 11.0. The quantitative estimate of drug-likeness (QED) is 0.864. The van der Waals surface area contributed by atoms with Crippen LogP contribution in [0.4, 0.5) is 0 Å². The predicted molar refractivity (Wildman–Crippen MR) is 67.2 cm³/mol. The van der Waals surface area contributed by atoms with Gasteiger partial charge in [-0.15, -0.1) is 0 Å². The lowest BCUT2D eigenvalue weighted by molar-refractivity contribution is -0.138. The number of aromatic hydroxyl groups is 1. The molecule has 0 fully saturated rings. The second-order valence-electron chi connectivity index (χ2n) is 5.17. The Kier molecular flexibility index (Phi) is 3.20. The van der Waals surface area contributed by atoms with Gasteiger partial charge in [0.05, 0.1) is 13.5 Å². The molecule has 0 aliphatic heterocycles. The van der Waals surface area contributed by atoms with Crippen molar-refractivity contribution in [2.24, 2.45) is 0 Å². The minimum Gasteiger partial charge on any atom is -0.504 e. The minimum absolute atomic E-state index is 0.0785. The highest BCUT2D eigenvalue weighted by atomic mass is 16.5. The average molecular weight is 250 g/mol. The summed E-state index contributed by atoms with van der Waals surface area (Å²) in [6.45, 7) is 1.95. The van der Waals surface area contributed by atoms with Crippen LogP contribution in [0.3, 0.4) is 0 Å². The number of phenols is 1. The Morgan fingerprint density at radius 3 is 2.83 bits per heavy atom. The van der Waals surface area contributed by atoms with Crippen molar-refractivity contribution in [1.82, 2.24) is 0 Å². The molecule has 2 N–H and O–H groups in total. The van der Waals surface area contributed by atoms with E-state index in [1.165, 1.54) is 7.11 Å². The van der Waals surface area contributed by atoms with Gasteiger partial charge >= 0.3 is 5.97 Å². The Morgan fingerprint density at radius 2 is 2.22 bits per heavy atom. The number of carbonyl (C=O) groups is 1. The first-order chi connectivity index (χ1) is 8.46. The van der Waals surface area contributed by atoms with E-state index in [1.807, 2.05) is 13.0 Å². The second kappa shape index (κ2) is 4.52. The molecule has 4 nitrogen and oxygen atoms in total. The van der Waals surface area contributed by atoms with Crippen LogP contribution in [0.25, 0.3) is 0 Å². The monoisotopic (exact) mass is 250 g/mol. The van der Waals surface area contributed by atoms with Crippen LogP contribution in [0.1, 0.15) is 37.3 Å². The van der Waals surface area contributed by atoms with E-state index in [-0.39, 0.29) is 12.2 Å². The van der Waals surface area contributed by atoms with E-state index in [0.717, 1.165) is 30.4 Å². The number of hydrogen-bond donors (Lipinski definition) is 2. The van der Waals surface area contributed by atoms with Crippen LogP contribution in [0.2, 0.25) is 0 Å². The minimum atomic E-state index is -0.805. The topological polar surface area (TPSA) is 66.8 Å². The first kappa shape index (κ1) is 12.7. The maximum atomic E-state index is 11.0. The van der Waals surface area contributed by atoms with Crippen LogP contribution in [-0.4, -0.2) is 23.3 Å². The lowest BCUT2D eigenvalue weighted by Gasteiger charge is -2.35. The smallest absolute Gasteiger partial charge is 0.304 e. The lowest BCUT2D eigenvalue weighted by atomic mass is 9.69. The van der Waals surface area contributed by atoms with Gasteiger partial charge in [-0.05, 0) is 42.5 Å². The third-order valence-corrected chi connectivity index (χ3v) is 3.77. The van der Waals surface area contributed by atoms with Crippen molar-refractivity contribution in [3.63, 3.8) is 0 Å². The average Bonchev–Trinajstić information content (AvgIpc) is 2.28. The van der Waals surface area contributed by atoms with Crippen LogP contribution in [-0.2, 0) is 16.6 Å². The van der Waals surface area contributed by atoms with Crippen molar-refractivity contribution >= 4 is 5.97 Å². The molecule has 18 heavy (non-hydrogen) atoms. The zero-order valence-electron chi connectivity index (χ0n) is 10.7. The van der Waals surface area contributed by atoms with E-state index in [0.29, 0.717) is 5.75 Å². The molecule has 0 bridgehead atoms. The van der Waals surface area contributed by atoms with Gasteiger partial charge in [-0.3, -0.25) is 4.79 Å². The SMILES string of the molecule is COc1cc2c(cc1O)[C@@](C)(CC(=O)O)CCC2. The van der Waals surface area contributed by atoms with Crippen molar-refractivity contribution in [1.29, 1.82) is 0 Å². The molecule has 0 heterocycles. The Labute approximate surface area is 106 Å². The van der Waals surface area contributed by atoms with E-state index < -0.39 is 11.4 Å². The summed E-state index contributed by atoms with van der Waals surface area (Å²) in [5.74, 6) is -0.274. The van der Waals surface area contributed by atoms with Gasteiger partial charge in [0, 0.05) is 5.41 Å². The Balaban J connectivity index is 2.49. The number of ether oxygens (including phenoxy) is 1. The summed E-state index contributed by atoms with van der Waals surface area (Å²) < 4.78 is 5.09. The number of phenolic OH excluding ortho intramolecular Hbond substituents is 1. The number of hydrogen-bond acceptors (Lipinski definition) is 3. The van der Waals surface area contributed by atoms with Crippen LogP contribution < -0.4 is 4.74 Å². The number of rotatable bonds is 3. The van der Waals surface area contributed by atoms with Crippen LogP contribution in [0, 0.1) is 0 Å². The van der Waals surface area contributed by atoms with Gasteiger partial charge in [-0.25, -0.2) is 0 Å². The fourth-order valence-electron chi connectivity index (χ4n) is 2.86. The molecule has 0 unspecified atom stereocenters. The van der Waals surface area contributed by atoms with Crippen molar-refractivity contribution in [2.75, 3.05) is 7.11 Å². The van der Waals surface area contributed by atoms with Crippen molar-refractivity contribution in [3.8, 4) is 11.5 Å². The van der Waals surface area contributed by atoms with E-state index >= 15 is 0 Å². The Hall–Kier alpha value is -1.71. The van der Waals surface area contributed by atoms with Crippen LogP contribution >= 0.6 is 0 Å². The summed E-state index contributed by atoms with van der Waals surface area (Å²) in [5, 5.41) is 18.9. The number of aliphatic carboxylic acids is 1. The first-order valence-electron chi connectivity index (χ1n) is 6.08. The van der Waals surface area contributed by atoms with E-state index in [2.05, 4.69) is 0 Å². The second-order valence-corrected chi connectivity index (χ2v) is 5.17. The maximum Gasteiger partial charge on any atom is 0.304 e. The number of carboxylic acids is 1. The number of fused-ring (bicyclic) bond motifs is 1. The molecule has 98 valence electrons. The number of carboxylic acid groups (broad SMARTS) is 1. The van der Waals surface area contributed by atoms with E-state index in [9.17, 15) is 9.90 Å². The number of aryl methyl sites for hydroxylation is 1. The van der Waals surface area contributed by atoms with E-state index in [1.54, 1.807) is 6.07 Å². The van der Waals surface area contributed by atoms with Gasteiger partial charge in [0.2, 0.25) is 0 Å². The summed E-state index contributed by atoms with van der Waals surface area (Å²) in [6, 6.07) is 3.49. The summed E-state index contributed by atoms with van der Waals surface area (Å²) in [7, 11) is 1.51. The molecule has 0 radical (unpaired) electrons. The maximum absolute atomic E-state index is 11.0. The van der Waals surface area contributed by atoms with Crippen molar-refractivity contribution in [3.05, 3.63) is 23.3 Å². The fraction of sp³-hybridized carbons (Fsp3) is 0.500. The molecule has 0 saturated carbocycles. The van der Waals surface area contributed by atoms with Crippen LogP contribution in [0.5, 0.6) is 11.5 Å². The highest BCUT2D eigenvalue weighted by Crippen LogP contribution is 2.43. The molecular formula is C14H18O4. The standard InChI is InChI=1S/C14H18O4/c1-14(8-13(16)17)5-3-4-9-6-12(18-2)11(15)7-10(9)14/h6-7,15H,3-5,8H2,1-2H3,(H,16,17)/t14-/m1/s1. The molecule has 0 aromatic heterocycles. The van der Waals surface area contributed by atoms with Gasteiger partial charge in [0.1, 0.15) is 0 Å². The van der Waals surface area contributed by atoms with Gasteiger partial charge < -0.3 is 14.9 Å². The Morgan fingerprint density at radius 1 is 1.50 bits per heavy atom. The molecule has 4 heteroatoms. The summed E-state index contributed by atoms with van der Waals surface area (Å²) in [6.07, 6.45) is 2.79. The molecule has 1 aromatic rings. The number of benzene rings is 1. The largest absolute Gasteiger partial charge is 0.504 e. The van der Waals surface area contributed by atoms with Gasteiger partial charge in [0.25, 0.3) is 0 Å². The van der Waals surface area contributed by atoms with Crippen molar-refractivity contribution in [2.45, 2.75) is 38.0 Å². The Bertz CT molecular complexity index is 481. The molecular weight excluding hydrogens is 232 g/mol. The number of methoxy groups -OCH3 is 1. The molecule has 2 rings (SSSR count). The molecule has 0 amide bonds. The highest BCUT2D eigenvalue weighted by Gasteiger charge is 2.35. The van der Waals surface area contributed by atoms with Gasteiger partial charge in [-0.2, -0.15) is 0 Å². The molecule has 0 spiro atoms. The predicted octanol–water partition coefficient (Wildman–Crippen LogP) is 2.47. The zero-order valence-corrected chi connectivity index (χ0v) is 10.7. The molecule has 1 atom stereocenters. The summed E-state index contributed by atoms with van der Waals surface area (Å²) >= 11 is 0. The van der Waals surface area contributed by atoms with Gasteiger partial charge in [0.15, 0.2) is 11.5 Å². The zero-order chi connectivity index (χ0) is 13.3. The normalized spacial score (nSPS) is 22.3. The van der Waals surface area contributed by atoms with Crippen molar-refractivity contribution < 1.29 is 19.7 Å². The summed E-state index contributed by atoms with van der Waals surface area (Å²) in [5.41, 5.74) is 1.62. The third kappa shape index (κ3) is 2.15.